The molecule has 0 saturated heterocycles. The van der Waals surface area contributed by atoms with Gasteiger partial charge >= 0.3 is 6.03 Å². The highest BCUT2D eigenvalue weighted by Crippen LogP contribution is 2.19. The number of hydrogen-bond donors (Lipinski definition) is 3. The van der Waals surface area contributed by atoms with Crippen LogP contribution in [0.3, 0.4) is 0 Å². The van der Waals surface area contributed by atoms with Crippen LogP contribution in [0.1, 0.15) is 20.8 Å². The van der Waals surface area contributed by atoms with Gasteiger partial charge in [-0.2, -0.15) is 0 Å². The Hall–Kier alpha value is -2.15. The van der Waals surface area contributed by atoms with Gasteiger partial charge in [0, 0.05) is 30.4 Å². The molecule has 0 spiro atoms. The number of non-ortho nitro benzene ring substituents is 1. The lowest BCUT2D eigenvalue weighted by molar-refractivity contribution is -0.384. The lowest BCUT2D eigenvalue weighted by atomic mass is 9.87. The van der Waals surface area contributed by atoms with Crippen LogP contribution in [-0.2, 0) is 0 Å². The number of hydrogen-bond acceptors (Lipinski definition) is 4. The summed E-state index contributed by atoms with van der Waals surface area (Å²) in [5.74, 6) is 0. The van der Waals surface area contributed by atoms with Crippen molar-refractivity contribution in [3.8, 4) is 0 Å². The fourth-order valence-electron chi connectivity index (χ4n) is 1.62. The van der Waals surface area contributed by atoms with Crippen molar-refractivity contribution in [1.29, 1.82) is 0 Å². The zero-order chi connectivity index (χ0) is 15.3. The molecule has 4 N–H and O–H groups in total. The van der Waals surface area contributed by atoms with Gasteiger partial charge < -0.3 is 16.4 Å². The lowest BCUT2D eigenvalue weighted by Gasteiger charge is -2.30. The number of benzene rings is 1. The molecule has 1 unspecified atom stereocenters. The highest BCUT2D eigenvalue weighted by Gasteiger charge is 2.24. The summed E-state index contributed by atoms with van der Waals surface area (Å²) in [7, 11) is 0. The fraction of sp³-hybridized carbons (Fsp3) is 0.462. The Kier molecular flexibility index (Phi) is 5.04. The Morgan fingerprint density at radius 3 is 2.30 bits per heavy atom. The highest BCUT2D eigenvalue weighted by molar-refractivity contribution is 5.89. The molecule has 7 heteroatoms. The molecule has 0 radical (unpaired) electrons. The van der Waals surface area contributed by atoms with Crippen LogP contribution in [0.15, 0.2) is 24.3 Å². The van der Waals surface area contributed by atoms with E-state index in [2.05, 4.69) is 10.6 Å². The monoisotopic (exact) mass is 280 g/mol. The maximum Gasteiger partial charge on any atom is 0.319 e. The van der Waals surface area contributed by atoms with Crippen molar-refractivity contribution in [2.75, 3.05) is 11.9 Å². The number of nitrogens with zero attached hydrogens (tertiary/aromatic N) is 1. The summed E-state index contributed by atoms with van der Waals surface area (Å²) < 4.78 is 0. The number of nitro benzene ring substituents is 1. The molecule has 20 heavy (non-hydrogen) atoms. The minimum Gasteiger partial charge on any atom is -0.333 e. The number of nitro groups is 1. The molecule has 0 aliphatic heterocycles. The second-order valence-electron chi connectivity index (χ2n) is 5.56. The van der Waals surface area contributed by atoms with E-state index in [1.807, 2.05) is 20.8 Å². The number of nitrogens with one attached hydrogen (secondary N) is 2. The van der Waals surface area contributed by atoms with Crippen molar-refractivity contribution < 1.29 is 9.72 Å². The quantitative estimate of drug-likeness (QED) is 0.579. The minimum atomic E-state index is -0.492. The first kappa shape index (κ1) is 15.9. The molecular weight excluding hydrogens is 260 g/mol. The normalized spacial score (nSPS) is 12.6. The largest absolute Gasteiger partial charge is 0.333 e. The van der Waals surface area contributed by atoms with Gasteiger partial charge in [0.2, 0.25) is 0 Å². The second-order valence-corrected chi connectivity index (χ2v) is 5.56. The molecular formula is C13H20N4O3. The second kappa shape index (κ2) is 6.33. The first-order valence-corrected chi connectivity index (χ1v) is 6.26. The molecule has 110 valence electrons. The van der Waals surface area contributed by atoms with Crippen molar-refractivity contribution in [2.24, 2.45) is 11.1 Å². The third kappa shape index (κ3) is 4.51. The van der Waals surface area contributed by atoms with E-state index in [0.29, 0.717) is 12.2 Å². The van der Waals surface area contributed by atoms with Crippen molar-refractivity contribution in [1.82, 2.24) is 5.32 Å². The van der Waals surface area contributed by atoms with Gasteiger partial charge in [0.1, 0.15) is 0 Å². The Morgan fingerprint density at radius 2 is 1.90 bits per heavy atom. The molecule has 0 bridgehead atoms. The van der Waals surface area contributed by atoms with Crippen molar-refractivity contribution in [3.05, 3.63) is 34.4 Å². The van der Waals surface area contributed by atoms with E-state index in [4.69, 9.17) is 5.73 Å². The number of rotatable bonds is 4. The predicted octanol–water partition coefficient (Wildman–Crippen LogP) is 2.09. The number of urea groups is 1. The molecule has 7 nitrogen and oxygen atoms in total. The molecule has 1 atom stereocenters. The van der Waals surface area contributed by atoms with Crippen LogP contribution in [0, 0.1) is 15.5 Å². The Morgan fingerprint density at radius 1 is 1.35 bits per heavy atom. The molecule has 0 fully saturated rings. The van der Waals surface area contributed by atoms with Crippen LogP contribution >= 0.6 is 0 Å². The van der Waals surface area contributed by atoms with Gasteiger partial charge in [-0.05, 0) is 17.5 Å². The van der Waals surface area contributed by atoms with Crippen LogP contribution in [0.2, 0.25) is 0 Å². The standard InChI is InChI=1S/C13H20N4O3/c1-13(2,3)11(8-14)16-12(18)15-9-4-6-10(7-5-9)17(19)20/h4-7,11H,8,14H2,1-3H3,(H2,15,16,18). The summed E-state index contributed by atoms with van der Waals surface area (Å²) in [5, 5.41) is 15.9. The van der Waals surface area contributed by atoms with Gasteiger partial charge in [-0.15, -0.1) is 0 Å². The summed E-state index contributed by atoms with van der Waals surface area (Å²) in [6.07, 6.45) is 0. The molecule has 0 aliphatic rings. The van der Waals surface area contributed by atoms with Crippen molar-refractivity contribution >= 4 is 17.4 Å². The van der Waals surface area contributed by atoms with Crippen LogP contribution in [0.25, 0.3) is 0 Å². The summed E-state index contributed by atoms with van der Waals surface area (Å²) in [6, 6.07) is 5.07. The van der Waals surface area contributed by atoms with E-state index in [9.17, 15) is 14.9 Å². The SMILES string of the molecule is CC(C)(C)C(CN)NC(=O)Nc1ccc([N+](=O)[O-])cc1. The zero-order valence-electron chi connectivity index (χ0n) is 11.8. The van der Waals surface area contributed by atoms with Gasteiger partial charge in [0.05, 0.1) is 4.92 Å². The molecule has 1 aromatic rings. The number of carbonyl (C=O) groups is 1. The molecule has 1 aromatic carbocycles. The number of nitrogens with two attached hydrogens (primary N) is 1. The van der Waals surface area contributed by atoms with Gasteiger partial charge in [-0.1, -0.05) is 20.8 Å². The van der Waals surface area contributed by atoms with Crippen LogP contribution in [0.4, 0.5) is 16.2 Å². The third-order valence-electron chi connectivity index (χ3n) is 2.92. The Balaban J connectivity index is 2.64. The topological polar surface area (TPSA) is 110 Å². The van der Waals surface area contributed by atoms with Crippen LogP contribution in [-0.4, -0.2) is 23.5 Å². The molecule has 0 aliphatic carbocycles. The van der Waals surface area contributed by atoms with Gasteiger partial charge in [-0.25, -0.2) is 4.79 Å². The summed E-state index contributed by atoms with van der Waals surface area (Å²) in [6.45, 7) is 6.28. The first-order valence-electron chi connectivity index (χ1n) is 6.26. The number of anilines is 1. The van der Waals surface area contributed by atoms with E-state index >= 15 is 0 Å². The first-order chi connectivity index (χ1) is 9.24. The molecule has 0 aromatic heterocycles. The maximum absolute atomic E-state index is 11.8. The fourth-order valence-corrected chi connectivity index (χ4v) is 1.62. The summed E-state index contributed by atoms with van der Waals surface area (Å²) in [4.78, 5) is 21.9. The average molecular weight is 280 g/mol. The van der Waals surface area contributed by atoms with Crippen LogP contribution < -0.4 is 16.4 Å². The van der Waals surface area contributed by atoms with Gasteiger partial charge in [0.15, 0.2) is 0 Å². The maximum atomic E-state index is 11.8. The van der Waals surface area contributed by atoms with Crippen LogP contribution in [0.5, 0.6) is 0 Å². The summed E-state index contributed by atoms with van der Waals surface area (Å²) in [5.41, 5.74) is 5.95. The predicted molar refractivity (Wildman–Crippen MR) is 77.5 cm³/mol. The van der Waals surface area contributed by atoms with E-state index in [-0.39, 0.29) is 23.2 Å². The Bertz CT molecular complexity index is 479. The average Bonchev–Trinajstić information content (AvgIpc) is 2.35. The lowest BCUT2D eigenvalue weighted by Crippen LogP contribution is -2.49. The van der Waals surface area contributed by atoms with E-state index < -0.39 is 4.92 Å². The number of amides is 2. The van der Waals surface area contributed by atoms with E-state index in [1.165, 1.54) is 24.3 Å². The molecule has 2 amide bonds. The molecule has 0 heterocycles. The van der Waals surface area contributed by atoms with E-state index in [0.717, 1.165) is 0 Å². The highest BCUT2D eigenvalue weighted by atomic mass is 16.6. The summed E-state index contributed by atoms with van der Waals surface area (Å²) >= 11 is 0. The van der Waals surface area contributed by atoms with Crippen molar-refractivity contribution in [2.45, 2.75) is 26.8 Å². The smallest absolute Gasteiger partial charge is 0.319 e. The number of carbonyl (C=O) groups excluding carboxylic acids is 1. The molecule has 0 saturated carbocycles. The zero-order valence-corrected chi connectivity index (χ0v) is 11.8. The van der Waals surface area contributed by atoms with E-state index in [1.54, 1.807) is 0 Å². The van der Waals surface area contributed by atoms with Gasteiger partial charge in [-0.3, -0.25) is 10.1 Å². The van der Waals surface area contributed by atoms with Gasteiger partial charge in [0.25, 0.3) is 5.69 Å². The minimum absolute atomic E-state index is 0.0227. The Labute approximate surface area is 117 Å². The van der Waals surface area contributed by atoms with Crippen molar-refractivity contribution in [3.63, 3.8) is 0 Å². The molecule has 1 rings (SSSR count). The third-order valence-corrected chi connectivity index (χ3v) is 2.92.